The number of benzene rings is 1. The topological polar surface area (TPSA) is 38.8 Å². The van der Waals surface area contributed by atoms with E-state index in [0.29, 0.717) is 19.8 Å². The van der Waals surface area contributed by atoms with Gasteiger partial charge in [-0.3, -0.25) is 4.90 Å². The van der Waals surface area contributed by atoms with E-state index < -0.39 is 0 Å². The summed E-state index contributed by atoms with van der Waals surface area (Å²) in [5.74, 6) is 0. The molecule has 0 N–H and O–H groups in total. The van der Waals surface area contributed by atoms with Crippen LogP contribution in [0.2, 0.25) is 0 Å². The van der Waals surface area contributed by atoms with Gasteiger partial charge >= 0.3 is 6.09 Å². The fourth-order valence-electron chi connectivity index (χ4n) is 1.91. The van der Waals surface area contributed by atoms with Gasteiger partial charge in [-0.1, -0.05) is 24.6 Å². The summed E-state index contributed by atoms with van der Waals surface area (Å²) >= 11 is 0. The van der Waals surface area contributed by atoms with Gasteiger partial charge in [0.05, 0.1) is 12.6 Å². The molecule has 0 bridgehead atoms. The van der Waals surface area contributed by atoms with Gasteiger partial charge < -0.3 is 16.4 Å². The first-order valence-corrected chi connectivity index (χ1v) is 6.21. The Morgan fingerprint density at radius 3 is 2.79 bits per heavy atom. The summed E-state index contributed by atoms with van der Waals surface area (Å²) in [4.78, 5) is 13.4. The molecule has 0 spiro atoms. The van der Waals surface area contributed by atoms with Crippen LogP contribution >= 0.6 is 0 Å². The molecule has 1 fully saturated rings. The molecular weight excluding hydrogens is 319 g/mol. The summed E-state index contributed by atoms with van der Waals surface area (Å²) in [5.41, 5.74) is 0.853. The molecule has 1 radical (unpaired) electrons. The molecule has 19 heavy (non-hydrogen) atoms. The number of amides is 1. The van der Waals surface area contributed by atoms with E-state index >= 15 is 0 Å². The Labute approximate surface area is 139 Å². The van der Waals surface area contributed by atoms with E-state index in [-0.39, 0.29) is 44.8 Å². The van der Waals surface area contributed by atoms with Gasteiger partial charge in [0.25, 0.3) is 0 Å². The molecule has 1 heterocycles. The van der Waals surface area contributed by atoms with E-state index in [9.17, 15) is 4.79 Å². The van der Waals surface area contributed by atoms with Crippen LogP contribution in [0.15, 0.2) is 30.3 Å². The third-order valence-corrected chi connectivity index (χ3v) is 2.84. The number of carbonyl (C=O) groups is 1. The number of anilines is 1. The molecule has 1 aromatic carbocycles. The average molecular weight is 337 g/mol. The van der Waals surface area contributed by atoms with Crippen molar-refractivity contribution < 1.29 is 47.0 Å². The van der Waals surface area contributed by atoms with Crippen molar-refractivity contribution in [3.05, 3.63) is 37.3 Å². The Hall–Kier alpha value is -0.446. The first-order valence-electron chi connectivity index (χ1n) is 6.21. The number of hydrogen-bond donors (Lipinski definition) is 0. The second kappa shape index (κ2) is 8.67. The molecule has 0 unspecified atom stereocenters. The van der Waals surface area contributed by atoms with Gasteiger partial charge in [0.1, 0.15) is 6.61 Å². The quantitative estimate of drug-likeness (QED) is 0.592. The smallest absolute Gasteiger partial charge is 0.414 e. The molecule has 0 aliphatic carbocycles. The van der Waals surface area contributed by atoms with Gasteiger partial charge in [-0.25, -0.2) is 4.79 Å². The Bertz CT molecular complexity index is 386. The van der Waals surface area contributed by atoms with Crippen LogP contribution in [0.1, 0.15) is 12.8 Å². The molecular formula is C14H18NO3Y-. The first-order chi connectivity index (χ1) is 8.83. The molecule has 1 aromatic rings. The number of nitrogens with zero attached hydrogens (tertiary/aromatic N) is 1. The Balaban J connectivity index is 0.00000180. The largest absolute Gasteiger partial charge is 0.447 e. The molecule has 1 saturated heterocycles. The van der Waals surface area contributed by atoms with Gasteiger partial charge in [-0.05, 0) is 12.1 Å². The zero-order valence-corrected chi connectivity index (χ0v) is 13.8. The monoisotopic (exact) mass is 337 g/mol. The number of cyclic esters (lactones) is 1. The van der Waals surface area contributed by atoms with Crippen LogP contribution in [0.25, 0.3) is 0 Å². The van der Waals surface area contributed by atoms with Crippen LogP contribution in [-0.4, -0.2) is 32.0 Å². The minimum absolute atomic E-state index is 0. The maximum absolute atomic E-state index is 11.7. The zero-order valence-electron chi connectivity index (χ0n) is 11.0. The maximum atomic E-state index is 11.7. The fraction of sp³-hybridized carbons (Fsp3) is 0.429. The standard InChI is InChI=1S/C14H18NO3.Y/c1-2-3-9-17-10-13-11-18-14(16)15(13)12-7-5-4-6-8-12;/h4-8,13H,1-3,9-11H2;/q-1;/t13-;/m0./s1. The second-order valence-electron chi connectivity index (χ2n) is 4.22. The summed E-state index contributed by atoms with van der Waals surface area (Å²) in [6, 6.07) is 9.49. The van der Waals surface area contributed by atoms with Crippen molar-refractivity contribution in [3.8, 4) is 0 Å². The first kappa shape index (κ1) is 16.6. The number of ether oxygens (including phenoxy) is 2. The zero-order chi connectivity index (χ0) is 12.8. The molecule has 1 atom stereocenters. The van der Waals surface area contributed by atoms with Crippen molar-refractivity contribution in [2.75, 3.05) is 24.7 Å². The fourth-order valence-corrected chi connectivity index (χ4v) is 1.91. The number of hydrogen-bond acceptors (Lipinski definition) is 3. The summed E-state index contributed by atoms with van der Waals surface area (Å²) in [5, 5.41) is 0. The average Bonchev–Trinajstić information content (AvgIpc) is 2.77. The molecule has 1 amide bonds. The van der Waals surface area contributed by atoms with Crippen molar-refractivity contribution in [3.63, 3.8) is 0 Å². The number of para-hydroxylation sites is 1. The van der Waals surface area contributed by atoms with Crippen LogP contribution in [0.4, 0.5) is 10.5 Å². The van der Waals surface area contributed by atoms with Crippen molar-refractivity contribution in [1.82, 2.24) is 0 Å². The summed E-state index contributed by atoms with van der Waals surface area (Å²) < 4.78 is 10.6. The number of carbonyl (C=O) groups excluding carboxylic acids is 1. The summed E-state index contributed by atoms with van der Waals surface area (Å²) in [6.07, 6.45) is 1.50. The Morgan fingerprint density at radius 1 is 1.37 bits per heavy atom. The third kappa shape index (κ3) is 4.55. The van der Waals surface area contributed by atoms with Gasteiger partial charge in [0.2, 0.25) is 0 Å². The van der Waals surface area contributed by atoms with Gasteiger partial charge in [-0.2, -0.15) is 6.42 Å². The molecule has 101 valence electrons. The molecule has 5 heteroatoms. The predicted octanol–water partition coefficient (Wildman–Crippen LogP) is 2.64. The van der Waals surface area contributed by atoms with Gasteiger partial charge in [0, 0.05) is 45.0 Å². The van der Waals surface area contributed by atoms with Gasteiger partial charge in [0.15, 0.2) is 0 Å². The Kier molecular flexibility index (Phi) is 7.58. The van der Waals surface area contributed by atoms with Crippen molar-refractivity contribution in [1.29, 1.82) is 0 Å². The van der Waals surface area contributed by atoms with Crippen molar-refractivity contribution in [2.45, 2.75) is 18.9 Å². The summed E-state index contributed by atoms with van der Waals surface area (Å²) in [7, 11) is 0. The minimum Gasteiger partial charge on any atom is -0.447 e. The van der Waals surface area contributed by atoms with Crippen molar-refractivity contribution >= 4 is 11.8 Å². The maximum Gasteiger partial charge on any atom is 0.414 e. The van der Waals surface area contributed by atoms with Crippen LogP contribution in [0, 0.1) is 6.92 Å². The van der Waals surface area contributed by atoms with E-state index in [1.165, 1.54) is 0 Å². The van der Waals surface area contributed by atoms with E-state index in [4.69, 9.17) is 9.47 Å². The van der Waals surface area contributed by atoms with Crippen LogP contribution < -0.4 is 4.90 Å². The third-order valence-electron chi connectivity index (χ3n) is 2.84. The minimum atomic E-state index is -0.299. The van der Waals surface area contributed by atoms with Crippen molar-refractivity contribution in [2.24, 2.45) is 0 Å². The Morgan fingerprint density at radius 2 is 2.11 bits per heavy atom. The normalized spacial score (nSPS) is 18.1. The SMILES string of the molecule is [CH2-]CCCOC[C@H]1COC(=O)N1c1ccccc1.[Y]. The summed E-state index contributed by atoms with van der Waals surface area (Å²) in [6.45, 7) is 5.33. The second-order valence-corrected chi connectivity index (χ2v) is 4.22. The number of unbranched alkanes of at least 4 members (excludes halogenated alkanes) is 1. The predicted molar refractivity (Wildman–Crippen MR) is 69.5 cm³/mol. The molecule has 1 aliphatic rings. The van der Waals surface area contributed by atoms with Crippen LogP contribution in [0.5, 0.6) is 0 Å². The van der Waals surface area contributed by atoms with Crippen LogP contribution in [0.3, 0.4) is 0 Å². The van der Waals surface area contributed by atoms with E-state index in [0.717, 1.165) is 18.5 Å². The molecule has 2 rings (SSSR count). The molecule has 4 nitrogen and oxygen atoms in total. The van der Waals surface area contributed by atoms with E-state index in [1.54, 1.807) is 4.90 Å². The molecule has 0 aromatic heterocycles. The number of rotatable bonds is 6. The molecule has 0 saturated carbocycles. The van der Waals surface area contributed by atoms with E-state index in [2.05, 4.69) is 6.92 Å². The molecule has 1 aliphatic heterocycles. The van der Waals surface area contributed by atoms with E-state index in [1.807, 2.05) is 30.3 Å². The van der Waals surface area contributed by atoms with Crippen LogP contribution in [-0.2, 0) is 42.2 Å². The van der Waals surface area contributed by atoms with Gasteiger partial charge in [-0.15, -0.1) is 0 Å².